The van der Waals surface area contributed by atoms with Crippen LogP contribution in [-0.4, -0.2) is 61.6 Å². The highest BCUT2D eigenvalue weighted by Gasteiger charge is 2.25. The third kappa shape index (κ3) is 9.26. The normalized spacial score (nSPS) is 12.3. The summed E-state index contributed by atoms with van der Waals surface area (Å²) in [6.45, 7) is 1.87. The molecule has 3 amide bonds. The van der Waals surface area contributed by atoms with E-state index in [0.29, 0.717) is 22.8 Å². The van der Waals surface area contributed by atoms with Gasteiger partial charge in [0.05, 0.1) is 20.8 Å². The van der Waals surface area contributed by atoms with Gasteiger partial charge in [-0.25, -0.2) is 4.79 Å². The molecule has 11 nitrogen and oxygen atoms in total. The van der Waals surface area contributed by atoms with Gasteiger partial charge in [-0.3, -0.25) is 14.4 Å². The second-order valence-corrected chi connectivity index (χ2v) is 9.30. The Kier molecular flexibility index (Phi) is 11.7. The predicted molar refractivity (Wildman–Crippen MR) is 157 cm³/mol. The maximum Gasteiger partial charge on any atom is 0.330 e. The first kappa shape index (κ1) is 31.5. The van der Waals surface area contributed by atoms with Crippen LogP contribution < -0.4 is 25.8 Å². The average molecular weight is 577 g/mol. The number of primary amides is 1. The molecule has 0 fully saturated rings. The number of ether oxygens (including phenoxy) is 3. The first-order chi connectivity index (χ1) is 20.2. The van der Waals surface area contributed by atoms with Crippen molar-refractivity contribution in [2.45, 2.75) is 38.3 Å². The van der Waals surface area contributed by atoms with E-state index in [0.717, 1.165) is 5.56 Å². The lowest BCUT2D eigenvalue weighted by Crippen LogP contribution is -2.50. The van der Waals surface area contributed by atoms with E-state index in [2.05, 4.69) is 15.6 Å². The summed E-state index contributed by atoms with van der Waals surface area (Å²) < 4.78 is 15.7. The summed E-state index contributed by atoms with van der Waals surface area (Å²) in [5, 5.41) is 5.62. The number of amides is 3. The molecule has 222 valence electrons. The van der Waals surface area contributed by atoms with Crippen molar-refractivity contribution in [2.24, 2.45) is 5.73 Å². The Labute approximate surface area is 244 Å². The molecule has 0 bridgehead atoms. The summed E-state index contributed by atoms with van der Waals surface area (Å²) in [6, 6.07) is 16.2. The third-order valence-corrected chi connectivity index (χ3v) is 6.31. The van der Waals surface area contributed by atoms with Gasteiger partial charge in [-0.15, -0.1) is 0 Å². The van der Waals surface area contributed by atoms with Crippen LogP contribution in [0.2, 0.25) is 0 Å². The number of H-pyrrole nitrogens is 1. The molecule has 0 aliphatic carbocycles. The Balaban J connectivity index is 1.83. The third-order valence-electron chi connectivity index (χ3n) is 6.31. The lowest BCUT2D eigenvalue weighted by atomic mass is 10.0. The highest BCUT2D eigenvalue weighted by atomic mass is 16.5. The molecule has 2 atom stereocenters. The van der Waals surface area contributed by atoms with E-state index in [4.69, 9.17) is 19.9 Å². The van der Waals surface area contributed by atoms with Gasteiger partial charge in [-0.1, -0.05) is 36.4 Å². The van der Waals surface area contributed by atoms with Gasteiger partial charge < -0.3 is 35.6 Å². The highest BCUT2D eigenvalue weighted by molar-refractivity contribution is 5.97. The number of carbonyl (C=O) groups excluding carboxylic acids is 4. The molecule has 42 heavy (non-hydrogen) atoms. The van der Waals surface area contributed by atoms with Gasteiger partial charge in [0, 0.05) is 36.2 Å². The maximum absolute atomic E-state index is 13.5. The molecular weight excluding hydrogens is 540 g/mol. The number of nitrogens with two attached hydrogens (primary N) is 1. The van der Waals surface area contributed by atoms with Gasteiger partial charge in [-0.05, 0) is 49.2 Å². The minimum atomic E-state index is -0.981. The van der Waals surface area contributed by atoms with E-state index in [1.54, 1.807) is 51.5 Å². The number of rotatable bonds is 15. The van der Waals surface area contributed by atoms with Crippen molar-refractivity contribution in [1.29, 1.82) is 0 Å². The molecule has 0 radical (unpaired) electrons. The van der Waals surface area contributed by atoms with Crippen LogP contribution in [-0.2, 0) is 25.5 Å². The minimum absolute atomic E-state index is 0.0210. The summed E-state index contributed by atoms with van der Waals surface area (Å²) >= 11 is 0. The largest absolute Gasteiger partial charge is 0.497 e. The van der Waals surface area contributed by atoms with Crippen LogP contribution in [0.15, 0.2) is 72.8 Å². The topological polar surface area (TPSA) is 162 Å². The molecule has 2 aromatic carbocycles. The van der Waals surface area contributed by atoms with Crippen LogP contribution in [0.4, 0.5) is 0 Å². The van der Waals surface area contributed by atoms with E-state index in [1.165, 1.54) is 12.2 Å². The van der Waals surface area contributed by atoms with Crippen LogP contribution in [0.3, 0.4) is 0 Å². The van der Waals surface area contributed by atoms with Gasteiger partial charge in [0.2, 0.25) is 11.8 Å². The average Bonchev–Trinajstić information content (AvgIpc) is 3.49. The fourth-order valence-electron chi connectivity index (χ4n) is 4.19. The highest BCUT2D eigenvalue weighted by Crippen LogP contribution is 2.32. The number of hydrogen-bond donors (Lipinski definition) is 4. The Morgan fingerprint density at radius 2 is 1.74 bits per heavy atom. The molecule has 0 aliphatic rings. The molecule has 3 rings (SSSR count). The van der Waals surface area contributed by atoms with Crippen molar-refractivity contribution in [3.05, 3.63) is 84.1 Å². The predicted octanol–water partition coefficient (Wildman–Crippen LogP) is 2.91. The number of esters is 1. The molecule has 1 aromatic heterocycles. The second-order valence-electron chi connectivity index (χ2n) is 9.30. The van der Waals surface area contributed by atoms with Crippen molar-refractivity contribution in [3.63, 3.8) is 0 Å². The summed E-state index contributed by atoms with van der Waals surface area (Å²) in [7, 11) is 3.11. The van der Waals surface area contributed by atoms with Gasteiger partial charge in [0.25, 0.3) is 5.91 Å². The van der Waals surface area contributed by atoms with Crippen LogP contribution in [0.5, 0.6) is 11.5 Å². The van der Waals surface area contributed by atoms with E-state index in [-0.39, 0.29) is 31.6 Å². The number of nitrogens with one attached hydrogen (secondary N) is 3. The Morgan fingerprint density at radius 1 is 0.976 bits per heavy atom. The standard InChI is InChI=1S/C31H36N4O7/c1-4-42-29(37)17-11-21(10-16-28(32)36)33-31(39)26(18-20-8-6-5-7-9-20)35-30(38)25-14-13-24(34-25)23-19-22(40-2)12-15-27(23)41-3/h5-9,11-15,17,19,21,26,34H,4,10,16,18H2,1-3H3,(H2,32,36)(H,33,39)(H,35,38)/b17-11+. The summed E-state index contributed by atoms with van der Waals surface area (Å²) in [6.07, 6.45) is 2.96. The Bertz CT molecular complexity index is 1400. The zero-order valence-corrected chi connectivity index (χ0v) is 23.8. The molecule has 1 heterocycles. The van der Waals surface area contributed by atoms with Crippen molar-refractivity contribution in [3.8, 4) is 22.8 Å². The maximum atomic E-state index is 13.5. The quantitative estimate of drug-likeness (QED) is 0.160. The SMILES string of the molecule is CCOC(=O)/C=C/C(CCC(N)=O)NC(=O)C(Cc1ccccc1)NC(=O)c1ccc(-c2cc(OC)ccc2OC)[nH]1. The molecule has 0 spiro atoms. The zero-order chi connectivity index (χ0) is 30.5. The van der Waals surface area contributed by atoms with Crippen molar-refractivity contribution < 1.29 is 33.4 Å². The van der Waals surface area contributed by atoms with Crippen LogP contribution in [0.25, 0.3) is 11.3 Å². The Morgan fingerprint density at radius 3 is 2.40 bits per heavy atom. The van der Waals surface area contributed by atoms with E-state index in [9.17, 15) is 19.2 Å². The van der Waals surface area contributed by atoms with Gasteiger partial charge >= 0.3 is 5.97 Å². The number of benzene rings is 2. The van der Waals surface area contributed by atoms with Crippen molar-refractivity contribution in [2.75, 3.05) is 20.8 Å². The molecule has 2 unspecified atom stereocenters. The molecule has 11 heteroatoms. The molecule has 0 saturated carbocycles. The van der Waals surface area contributed by atoms with Gasteiger partial charge in [-0.2, -0.15) is 0 Å². The number of aromatic amines is 1. The fourth-order valence-corrected chi connectivity index (χ4v) is 4.19. The van der Waals surface area contributed by atoms with Crippen LogP contribution in [0.1, 0.15) is 35.8 Å². The number of carbonyl (C=O) groups is 4. The minimum Gasteiger partial charge on any atom is -0.497 e. The molecule has 0 aliphatic heterocycles. The lowest BCUT2D eigenvalue weighted by Gasteiger charge is -2.22. The Hall–Kier alpha value is -5.06. The van der Waals surface area contributed by atoms with E-state index in [1.807, 2.05) is 30.3 Å². The number of methoxy groups -OCH3 is 2. The first-order valence-electron chi connectivity index (χ1n) is 13.4. The van der Waals surface area contributed by atoms with E-state index < -0.39 is 35.8 Å². The first-order valence-corrected chi connectivity index (χ1v) is 13.4. The molecule has 3 aromatic rings. The lowest BCUT2D eigenvalue weighted by molar-refractivity contribution is -0.137. The van der Waals surface area contributed by atoms with Crippen molar-refractivity contribution in [1.82, 2.24) is 15.6 Å². The van der Waals surface area contributed by atoms with Crippen LogP contribution in [0, 0.1) is 0 Å². The number of hydrogen-bond acceptors (Lipinski definition) is 7. The smallest absolute Gasteiger partial charge is 0.330 e. The molecular formula is C31H36N4O7. The molecule has 5 N–H and O–H groups in total. The second kappa shape index (κ2) is 15.7. The van der Waals surface area contributed by atoms with Crippen LogP contribution >= 0.6 is 0 Å². The monoisotopic (exact) mass is 576 g/mol. The fraction of sp³-hybridized carbons (Fsp3) is 0.290. The van der Waals surface area contributed by atoms with Gasteiger partial charge in [0.15, 0.2) is 0 Å². The summed E-state index contributed by atoms with van der Waals surface area (Å²) in [4.78, 5) is 53.2. The zero-order valence-electron chi connectivity index (χ0n) is 23.8. The summed E-state index contributed by atoms with van der Waals surface area (Å²) in [5.74, 6) is -0.938. The van der Waals surface area contributed by atoms with Gasteiger partial charge in [0.1, 0.15) is 23.2 Å². The van der Waals surface area contributed by atoms with Crippen molar-refractivity contribution >= 4 is 23.7 Å². The van der Waals surface area contributed by atoms with E-state index >= 15 is 0 Å². The number of aromatic nitrogens is 1. The summed E-state index contributed by atoms with van der Waals surface area (Å²) in [5.41, 5.74) is 7.67. The molecule has 0 saturated heterocycles.